The summed E-state index contributed by atoms with van der Waals surface area (Å²) >= 11 is 1.51. The van der Waals surface area contributed by atoms with E-state index in [-0.39, 0.29) is 10.9 Å². The normalized spacial score (nSPS) is 12.2. The lowest BCUT2D eigenvalue weighted by Gasteiger charge is -2.08. The van der Waals surface area contributed by atoms with Crippen LogP contribution in [-0.2, 0) is 6.54 Å². The van der Waals surface area contributed by atoms with Crippen LogP contribution in [0.15, 0.2) is 40.2 Å². The highest BCUT2D eigenvalue weighted by atomic mass is 32.2. The van der Waals surface area contributed by atoms with Crippen molar-refractivity contribution in [2.24, 2.45) is 0 Å². The highest BCUT2D eigenvalue weighted by Gasteiger charge is 2.19. The third-order valence-electron chi connectivity index (χ3n) is 3.98. The molecule has 142 valence electrons. The van der Waals surface area contributed by atoms with Crippen LogP contribution < -0.4 is 0 Å². The van der Waals surface area contributed by atoms with E-state index >= 15 is 0 Å². The van der Waals surface area contributed by atoms with Gasteiger partial charge in [-0.2, -0.15) is 0 Å². The summed E-state index contributed by atoms with van der Waals surface area (Å²) in [6, 6.07) is 6.02. The minimum Gasteiger partial charge on any atom is -0.419 e. The first-order valence-electron chi connectivity index (χ1n) is 8.71. The zero-order valence-corrected chi connectivity index (χ0v) is 15.9. The number of nitro benzene ring substituents is 1. The third kappa shape index (κ3) is 4.70. The van der Waals surface area contributed by atoms with Crippen LogP contribution in [0.25, 0.3) is 11.5 Å². The van der Waals surface area contributed by atoms with E-state index in [9.17, 15) is 10.1 Å². The summed E-state index contributed by atoms with van der Waals surface area (Å²) in [4.78, 5) is 10.3. The minimum absolute atomic E-state index is 0.0184. The van der Waals surface area contributed by atoms with Crippen molar-refractivity contribution >= 4 is 17.4 Å². The number of nitro groups is 1. The molecule has 0 saturated heterocycles. The number of benzene rings is 1. The number of hydrogen-bond donors (Lipinski definition) is 0. The van der Waals surface area contributed by atoms with E-state index in [1.165, 1.54) is 30.3 Å². The molecular weight excluding hydrogens is 368 g/mol. The lowest BCUT2D eigenvalue weighted by molar-refractivity contribution is -0.384. The summed E-state index contributed by atoms with van der Waals surface area (Å²) in [6.07, 6.45) is 5.15. The van der Waals surface area contributed by atoms with Gasteiger partial charge in [-0.3, -0.25) is 10.1 Å². The smallest absolute Gasteiger partial charge is 0.269 e. The molecule has 3 rings (SSSR count). The average molecular weight is 388 g/mol. The third-order valence-corrected chi connectivity index (χ3v) is 5.06. The Balaban J connectivity index is 1.67. The second-order valence-corrected chi connectivity index (χ2v) is 7.33. The molecule has 1 aromatic carbocycles. The standard InChI is InChI=1S/C17H20N6O3S/c1-3-4-5-10-22-11-18-21-17(22)27-12(2)15-19-20-16(26-15)13-6-8-14(9-7-13)23(24)25/h6-9,11-12H,3-5,10H2,1-2H3/t12-/m0/s1. The maximum atomic E-state index is 10.7. The summed E-state index contributed by atoms with van der Waals surface area (Å²) in [5.74, 6) is 0.799. The summed E-state index contributed by atoms with van der Waals surface area (Å²) in [6.45, 7) is 5.01. The van der Waals surface area contributed by atoms with Crippen LogP contribution in [0.3, 0.4) is 0 Å². The molecule has 0 amide bonds. The Morgan fingerprint density at radius 1 is 1.22 bits per heavy atom. The molecule has 0 fully saturated rings. The first kappa shape index (κ1) is 19.0. The molecule has 2 aromatic heterocycles. The Labute approximate surface area is 160 Å². The molecule has 1 atom stereocenters. The average Bonchev–Trinajstić information content (AvgIpc) is 3.32. The molecule has 0 aliphatic heterocycles. The van der Waals surface area contributed by atoms with Gasteiger partial charge in [0.25, 0.3) is 5.69 Å². The Hall–Kier alpha value is -2.75. The van der Waals surface area contributed by atoms with Crippen LogP contribution in [0, 0.1) is 10.1 Å². The van der Waals surface area contributed by atoms with Gasteiger partial charge >= 0.3 is 0 Å². The monoisotopic (exact) mass is 388 g/mol. The molecule has 0 saturated carbocycles. The van der Waals surface area contributed by atoms with Crippen LogP contribution >= 0.6 is 11.8 Å². The molecular formula is C17H20N6O3S. The summed E-state index contributed by atoms with van der Waals surface area (Å²) in [5.41, 5.74) is 0.657. The Bertz CT molecular complexity index is 892. The molecule has 27 heavy (non-hydrogen) atoms. The number of hydrogen-bond acceptors (Lipinski definition) is 8. The summed E-state index contributed by atoms with van der Waals surface area (Å²) < 4.78 is 7.78. The number of aryl methyl sites for hydroxylation is 1. The minimum atomic E-state index is -0.446. The number of thioether (sulfide) groups is 1. The van der Waals surface area contributed by atoms with Gasteiger partial charge in [0.05, 0.1) is 10.2 Å². The summed E-state index contributed by atoms with van der Waals surface area (Å²) in [5, 5.41) is 27.8. The fourth-order valence-electron chi connectivity index (χ4n) is 2.47. The van der Waals surface area contributed by atoms with Gasteiger partial charge in [0.15, 0.2) is 5.16 Å². The number of unbranched alkanes of at least 4 members (excludes halogenated alkanes) is 2. The molecule has 0 N–H and O–H groups in total. The second-order valence-electron chi connectivity index (χ2n) is 6.02. The van der Waals surface area contributed by atoms with Crippen molar-refractivity contribution in [1.29, 1.82) is 0 Å². The van der Waals surface area contributed by atoms with Gasteiger partial charge in [-0.1, -0.05) is 31.5 Å². The van der Waals surface area contributed by atoms with Crippen LogP contribution in [0.1, 0.15) is 44.3 Å². The van der Waals surface area contributed by atoms with Crippen molar-refractivity contribution in [3.63, 3.8) is 0 Å². The second kappa shape index (κ2) is 8.76. The largest absolute Gasteiger partial charge is 0.419 e. The van der Waals surface area contributed by atoms with E-state index in [1.54, 1.807) is 18.5 Å². The Morgan fingerprint density at radius 3 is 2.70 bits per heavy atom. The highest BCUT2D eigenvalue weighted by Crippen LogP contribution is 2.34. The van der Waals surface area contributed by atoms with Gasteiger partial charge in [-0.05, 0) is 25.5 Å². The van der Waals surface area contributed by atoms with Crippen LogP contribution in [0.4, 0.5) is 5.69 Å². The predicted octanol–water partition coefficient (Wildman–Crippen LogP) is 4.28. The van der Waals surface area contributed by atoms with Crippen molar-refractivity contribution < 1.29 is 9.34 Å². The van der Waals surface area contributed by atoms with E-state index in [1.807, 2.05) is 11.5 Å². The van der Waals surface area contributed by atoms with Crippen molar-refractivity contribution in [2.75, 3.05) is 0 Å². The van der Waals surface area contributed by atoms with Gasteiger partial charge < -0.3 is 8.98 Å². The van der Waals surface area contributed by atoms with Crippen molar-refractivity contribution in [3.8, 4) is 11.5 Å². The van der Waals surface area contributed by atoms with Gasteiger partial charge in [0, 0.05) is 24.2 Å². The van der Waals surface area contributed by atoms with E-state index < -0.39 is 4.92 Å². The van der Waals surface area contributed by atoms with Gasteiger partial charge in [-0.25, -0.2) is 0 Å². The zero-order chi connectivity index (χ0) is 19.2. The van der Waals surface area contributed by atoms with Crippen molar-refractivity contribution in [1.82, 2.24) is 25.0 Å². The van der Waals surface area contributed by atoms with E-state index in [0.717, 1.165) is 24.5 Å². The van der Waals surface area contributed by atoms with Crippen LogP contribution in [-0.4, -0.2) is 29.9 Å². The maximum Gasteiger partial charge on any atom is 0.269 e. The van der Waals surface area contributed by atoms with Gasteiger partial charge in [0.2, 0.25) is 11.8 Å². The molecule has 2 heterocycles. The SMILES string of the molecule is CCCCCn1cnnc1S[C@@H](C)c1nnc(-c2ccc([N+](=O)[O-])cc2)o1. The predicted molar refractivity (Wildman–Crippen MR) is 100 cm³/mol. The number of nitrogens with zero attached hydrogens (tertiary/aromatic N) is 6. The van der Waals surface area contributed by atoms with Gasteiger partial charge in [-0.15, -0.1) is 20.4 Å². The Morgan fingerprint density at radius 2 is 2.00 bits per heavy atom. The molecule has 10 heteroatoms. The molecule has 0 unspecified atom stereocenters. The van der Waals surface area contributed by atoms with E-state index in [2.05, 4.69) is 27.3 Å². The first-order valence-corrected chi connectivity index (χ1v) is 9.59. The van der Waals surface area contributed by atoms with Crippen molar-refractivity contribution in [3.05, 3.63) is 46.6 Å². The topological polar surface area (TPSA) is 113 Å². The lowest BCUT2D eigenvalue weighted by atomic mass is 10.2. The fraction of sp³-hybridized carbons (Fsp3) is 0.412. The van der Waals surface area contributed by atoms with E-state index in [4.69, 9.17) is 4.42 Å². The van der Waals surface area contributed by atoms with Crippen LogP contribution in [0.2, 0.25) is 0 Å². The van der Waals surface area contributed by atoms with Gasteiger partial charge in [0.1, 0.15) is 6.33 Å². The number of aromatic nitrogens is 5. The Kier molecular flexibility index (Phi) is 6.17. The molecule has 0 spiro atoms. The number of non-ortho nitro benzene ring substituents is 1. The highest BCUT2D eigenvalue weighted by molar-refractivity contribution is 7.99. The molecule has 0 aliphatic carbocycles. The maximum absolute atomic E-state index is 10.7. The number of rotatable bonds is 9. The molecule has 0 radical (unpaired) electrons. The molecule has 0 bridgehead atoms. The first-order chi connectivity index (χ1) is 13.1. The zero-order valence-electron chi connectivity index (χ0n) is 15.1. The molecule has 3 aromatic rings. The quantitative estimate of drug-likeness (QED) is 0.231. The molecule has 0 aliphatic rings. The lowest BCUT2D eigenvalue weighted by Crippen LogP contribution is -2.00. The van der Waals surface area contributed by atoms with Crippen LogP contribution in [0.5, 0.6) is 0 Å². The van der Waals surface area contributed by atoms with Crippen molar-refractivity contribution in [2.45, 2.75) is 50.1 Å². The van der Waals surface area contributed by atoms with E-state index in [0.29, 0.717) is 17.3 Å². The summed E-state index contributed by atoms with van der Waals surface area (Å²) in [7, 11) is 0. The molecule has 9 nitrogen and oxygen atoms in total. The fourth-order valence-corrected chi connectivity index (χ4v) is 3.35.